The minimum Gasteiger partial charge on any atom is -0.444 e. The topological polar surface area (TPSA) is 146 Å². The van der Waals surface area contributed by atoms with Crippen molar-refractivity contribution in [2.24, 2.45) is 5.92 Å². The molecule has 4 amide bonds. The van der Waals surface area contributed by atoms with Crippen molar-refractivity contribution < 1.29 is 24.2 Å². The predicted molar refractivity (Wildman–Crippen MR) is 202 cm³/mol. The Labute approximate surface area is 308 Å². The van der Waals surface area contributed by atoms with Gasteiger partial charge in [0.25, 0.3) is 0 Å². The second-order valence-electron chi connectivity index (χ2n) is 13.5. The molecule has 0 saturated heterocycles. The van der Waals surface area contributed by atoms with Crippen molar-refractivity contribution in [2.75, 3.05) is 6.54 Å². The third-order valence-corrected chi connectivity index (χ3v) is 10.1. The lowest BCUT2D eigenvalue weighted by Crippen LogP contribution is -2.53. The number of carbonyl (C=O) groups excluding carboxylic acids is 3. The summed E-state index contributed by atoms with van der Waals surface area (Å²) in [5.74, 6) is 0.130. The van der Waals surface area contributed by atoms with Gasteiger partial charge in [0.1, 0.15) is 12.6 Å². The quantitative estimate of drug-likeness (QED) is 0.0940. The van der Waals surface area contributed by atoms with E-state index in [1.54, 1.807) is 34.9 Å². The summed E-state index contributed by atoms with van der Waals surface area (Å²) in [4.78, 5) is 51.2. The molecule has 0 unspecified atom stereocenters. The van der Waals surface area contributed by atoms with Crippen LogP contribution in [0, 0.1) is 5.92 Å². The van der Waals surface area contributed by atoms with E-state index in [0.29, 0.717) is 31.8 Å². The summed E-state index contributed by atoms with van der Waals surface area (Å²) < 4.78 is 5.42. The van der Waals surface area contributed by atoms with Crippen LogP contribution in [-0.2, 0) is 35.5 Å². The summed E-state index contributed by atoms with van der Waals surface area (Å²) in [5, 5.41) is 23.4. The Hall–Kier alpha value is -4.33. The first kappa shape index (κ1) is 39.5. The summed E-state index contributed by atoms with van der Waals surface area (Å²) in [6.07, 6.45) is 0.844. The smallest absolute Gasteiger partial charge is 0.407 e. The highest BCUT2D eigenvalue weighted by atomic mass is 32.1. The molecule has 0 spiro atoms. The average molecular weight is 735 g/mol. The van der Waals surface area contributed by atoms with Gasteiger partial charge in [-0.3, -0.25) is 9.78 Å². The third kappa shape index (κ3) is 13.4. The molecule has 0 fully saturated rings. The number of thiazole rings is 2. The number of amides is 4. The molecule has 4 aromatic rings. The van der Waals surface area contributed by atoms with Gasteiger partial charge < -0.3 is 30.7 Å². The Bertz CT molecular complexity index is 1630. The van der Waals surface area contributed by atoms with Gasteiger partial charge in [-0.1, -0.05) is 88.4 Å². The molecule has 2 aromatic heterocycles. The van der Waals surface area contributed by atoms with Crippen LogP contribution in [0.4, 0.5) is 9.59 Å². The van der Waals surface area contributed by atoms with Crippen LogP contribution >= 0.6 is 22.7 Å². The number of carbonyl (C=O) groups is 3. The highest BCUT2D eigenvalue weighted by molar-refractivity contribution is 7.09. The third-order valence-electron chi connectivity index (χ3n) is 8.11. The Kier molecular flexibility index (Phi) is 15.4. The van der Waals surface area contributed by atoms with Crippen LogP contribution in [0.25, 0.3) is 0 Å². The lowest BCUT2D eigenvalue weighted by molar-refractivity contribution is -0.123. The standard InChI is InChI=1S/C38H50N6O5S2/c1-25(2)20-44(21-31-23-50-36(42-31)26(3)4)37(47)40-27(5)35(46)41-30(16-28-12-8-6-9-13-28)18-34(45)33(17-29-14-10-7-11-15-29)43-38(48)49-22-32-19-39-24-51-32/h6-15,19,23-27,30,33-34,45H,16-18,20-22H2,1-5H3,(H,40,47)(H,41,46)(H,43,48)/t27-,30-,33-,34-/m0/s1. The van der Waals surface area contributed by atoms with E-state index >= 15 is 0 Å². The molecule has 274 valence electrons. The number of aliphatic hydroxyl groups excluding tert-OH is 1. The fourth-order valence-electron chi connectivity index (χ4n) is 5.53. The number of hydrogen-bond acceptors (Lipinski definition) is 9. The predicted octanol–water partition coefficient (Wildman–Crippen LogP) is 6.30. The van der Waals surface area contributed by atoms with Crippen LogP contribution in [0.5, 0.6) is 0 Å². The van der Waals surface area contributed by atoms with Crippen molar-refractivity contribution >= 4 is 40.7 Å². The number of aromatic nitrogens is 2. The maximum Gasteiger partial charge on any atom is 0.407 e. The molecule has 4 N–H and O–H groups in total. The fraction of sp³-hybridized carbons (Fsp3) is 0.447. The summed E-state index contributed by atoms with van der Waals surface area (Å²) in [5.41, 5.74) is 4.38. The van der Waals surface area contributed by atoms with Gasteiger partial charge >= 0.3 is 12.1 Å². The molecule has 2 aromatic carbocycles. The first-order valence-corrected chi connectivity index (χ1v) is 19.1. The number of alkyl carbamates (subject to hydrolysis) is 1. The molecule has 0 bridgehead atoms. The van der Waals surface area contributed by atoms with Crippen LogP contribution in [-0.4, -0.2) is 68.8 Å². The van der Waals surface area contributed by atoms with Gasteiger partial charge in [0.05, 0.1) is 39.8 Å². The molecule has 0 saturated carbocycles. The van der Waals surface area contributed by atoms with Crippen molar-refractivity contribution in [3.8, 4) is 0 Å². The van der Waals surface area contributed by atoms with E-state index in [-0.39, 0.29) is 30.9 Å². The van der Waals surface area contributed by atoms with E-state index in [1.807, 2.05) is 79.9 Å². The molecule has 51 heavy (non-hydrogen) atoms. The van der Waals surface area contributed by atoms with Gasteiger partial charge in [0, 0.05) is 30.1 Å². The van der Waals surface area contributed by atoms with Crippen molar-refractivity contribution in [1.82, 2.24) is 30.8 Å². The lowest BCUT2D eigenvalue weighted by Gasteiger charge is -2.29. The molecule has 0 aliphatic carbocycles. The number of benzene rings is 2. The van der Waals surface area contributed by atoms with Crippen molar-refractivity contribution in [3.05, 3.63) is 104 Å². The van der Waals surface area contributed by atoms with Gasteiger partial charge in [-0.15, -0.1) is 22.7 Å². The molecule has 11 nitrogen and oxygen atoms in total. The molecule has 0 aliphatic heterocycles. The van der Waals surface area contributed by atoms with Crippen molar-refractivity contribution in [1.29, 1.82) is 0 Å². The monoisotopic (exact) mass is 734 g/mol. The molecular formula is C38H50N6O5S2. The van der Waals surface area contributed by atoms with Crippen molar-refractivity contribution in [2.45, 2.75) is 97.2 Å². The molecule has 2 heterocycles. The normalized spacial score (nSPS) is 13.6. The van der Waals surface area contributed by atoms with E-state index in [0.717, 1.165) is 26.7 Å². The lowest BCUT2D eigenvalue weighted by atomic mass is 9.93. The summed E-state index contributed by atoms with van der Waals surface area (Å²) >= 11 is 2.96. The number of nitrogens with one attached hydrogen (secondary N) is 3. The Morgan fingerprint density at radius 2 is 1.55 bits per heavy atom. The Morgan fingerprint density at radius 3 is 2.14 bits per heavy atom. The van der Waals surface area contributed by atoms with E-state index in [2.05, 4.69) is 34.8 Å². The van der Waals surface area contributed by atoms with E-state index in [1.165, 1.54) is 11.3 Å². The Morgan fingerprint density at radius 1 is 0.882 bits per heavy atom. The van der Waals surface area contributed by atoms with Gasteiger partial charge in [0.15, 0.2) is 0 Å². The van der Waals surface area contributed by atoms with Crippen molar-refractivity contribution in [3.63, 3.8) is 0 Å². The van der Waals surface area contributed by atoms with E-state index in [9.17, 15) is 19.5 Å². The number of rotatable bonds is 18. The molecule has 4 rings (SSSR count). The number of aliphatic hydroxyl groups is 1. The van der Waals surface area contributed by atoms with Crippen LogP contribution < -0.4 is 16.0 Å². The maximum absolute atomic E-state index is 13.6. The number of ether oxygens (including phenoxy) is 1. The molecule has 13 heteroatoms. The zero-order valence-corrected chi connectivity index (χ0v) is 31.6. The first-order valence-electron chi connectivity index (χ1n) is 17.3. The van der Waals surface area contributed by atoms with E-state index in [4.69, 9.17) is 9.72 Å². The fourth-order valence-corrected chi connectivity index (χ4v) is 6.86. The second-order valence-corrected chi connectivity index (χ2v) is 15.3. The highest BCUT2D eigenvalue weighted by Gasteiger charge is 2.29. The number of urea groups is 1. The van der Waals surface area contributed by atoms with Gasteiger partial charge in [-0.25, -0.2) is 14.6 Å². The van der Waals surface area contributed by atoms with Crippen LogP contribution in [0.1, 0.15) is 73.7 Å². The van der Waals surface area contributed by atoms with E-state index < -0.39 is 30.3 Å². The van der Waals surface area contributed by atoms with Crippen LogP contribution in [0.3, 0.4) is 0 Å². The summed E-state index contributed by atoms with van der Waals surface area (Å²) in [6.45, 7) is 10.8. The number of hydrogen-bond donors (Lipinski definition) is 4. The molecular weight excluding hydrogens is 685 g/mol. The van der Waals surface area contributed by atoms with Crippen LogP contribution in [0.2, 0.25) is 0 Å². The second kappa shape index (κ2) is 19.9. The molecule has 4 atom stereocenters. The number of nitrogens with zero attached hydrogens (tertiary/aromatic N) is 3. The van der Waals surface area contributed by atoms with Gasteiger partial charge in [-0.05, 0) is 43.2 Å². The average Bonchev–Trinajstić information content (AvgIpc) is 3.80. The minimum absolute atomic E-state index is 0.0678. The zero-order valence-electron chi connectivity index (χ0n) is 30.0. The van der Waals surface area contributed by atoms with Gasteiger partial charge in [0.2, 0.25) is 5.91 Å². The first-order chi connectivity index (χ1) is 24.5. The summed E-state index contributed by atoms with van der Waals surface area (Å²) in [6, 6.07) is 16.8. The largest absolute Gasteiger partial charge is 0.444 e. The molecule has 0 radical (unpaired) electrons. The van der Waals surface area contributed by atoms with Gasteiger partial charge in [-0.2, -0.15) is 0 Å². The molecule has 0 aliphatic rings. The Balaban J connectivity index is 1.45. The summed E-state index contributed by atoms with van der Waals surface area (Å²) in [7, 11) is 0. The highest BCUT2D eigenvalue weighted by Crippen LogP contribution is 2.21. The van der Waals surface area contributed by atoms with Crippen LogP contribution in [0.15, 0.2) is 77.8 Å². The minimum atomic E-state index is -1.05. The zero-order chi connectivity index (χ0) is 36.8. The SMILES string of the molecule is CC(C)CN(Cc1csc(C(C)C)n1)C(=O)N[C@@H](C)C(=O)N[C@@H](Cc1ccccc1)C[C@H](O)[C@H](Cc1ccccc1)NC(=O)OCc1cncs1. The maximum atomic E-state index is 13.6.